The lowest BCUT2D eigenvalue weighted by molar-refractivity contribution is 0.0689. The van der Waals surface area contributed by atoms with Crippen LogP contribution in [0, 0.1) is 5.82 Å². The van der Waals surface area contributed by atoms with Gasteiger partial charge in [-0.3, -0.25) is 4.79 Å². The van der Waals surface area contributed by atoms with Gasteiger partial charge >= 0.3 is 0 Å². The van der Waals surface area contributed by atoms with Gasteiger partial charge in [-0.1, -0.05) is 17.3 Å². The van der Waals surface area contributed by atoms with Gasteiger partial charge in [-0.2, -0.15) is 20.4 Å². The molecule has 0 spiro atoms. The Bertz CT molecular complexity index is 878. The van der Waals surface area contributed by atoms with Crippen LogP contribution in [0.25, 0.3) is 11.4 Å². The second-order valence-electron chi connectivity index (χ2n) is 5.91. The Labute approximate surface area is 142 Å². The van der Waals surface area contributed by atoms with Gasteiger partial charge in [0.25, 0.3) is 5.91 Å². The van der Waals surface area contributed by atoms with Crippen molar-refractivity contribution in [3.63, 3.8) is 0 Å². The number of halogens is 1. The highest BCUT2D eigenvalue weighted by Gasteiger charge is 2.30. The summed E-state index contributed by atoms with van der Waals surface area (Å²) in [5.74, 6) is 0.208. The van der Waals surface area contributed by atoms with E-state index in [4.69, 9.17) is 4.52 Å². The Balaban J connectivity index is 1.51. The molecule has 0 bridgehead atoms. The standard InChI is InChI=1S/C16H15FN6O2/c17-12-5-1-3-10(7-12)14-19-15(25-21-14)11-4-2-6-23(9-11)16(24)13-8-18-22-20-13/h1,3,5,7-8,11H,2,4,6,9H2,(H,18,20,22)/t11-/m1/s1. The molecule has 1 fully saturated rings. The maximum atomic E-state index is 13.3. The normalized spacial score (nSPS) is 17.6. The Morgan fingerprint density at radius 2 is 2.32 bits per heavy atom. The number of carbonyl (C=O) groups is 1. The Kier molecular flexibility index (Phi) is 3.96. The van der Waals surface area contributed by atoms with Crippen LogP contribution in [0.1, 0.15) is 35.1 Å². The second kappa shape index (κ2) is 6.42. The molecule has 3 heterocycles. The first-order chi connectivity index (χ1) is 12.2. The molecule has 25 heavy (non-hydrogen) atoms. The zero-order valence-electron chi connectivity index (χ0n) is 13.2. The molecule has 1 aliphatic heterocycles. The van der Waals surface area contributed by atoms with Gasteiger partial charge in [0.2, 0.25) is 11.7 Å². The van der Waals surface area contributed by atoms with Gasteiger partial charge in [-0.15, -0.1) is 0 Å². The number of aromatic nitrogens is 5. The zero-order valence-corrected chi connectivity index (χ0v) is 13.2. The number of hydrogen-bond acceptors (Lipinski definition) is 6. The summed E-state index contributed by atoms with van der Waals surface area (Å²) in [6, 6.07) is 6.04. The largest absolute Gasteiger partial charge is 0.339 e. The summed E-state index contributed by atoms with van der Waals surface area (Å²) < 4.78 is 18.7. The molecule has 0 aliphatic carbocycles. The maximum Gasteiger partial charge on any atom is 0.276 e. The number of amides is 1. The molecular formula is C16H15FN6O2. The Morgan fingerprint density at radius 1 is 1.40 bits per heavy atom. The molecule has 0 radical (unpaired) electrons. The van der Waals surface area contributed by atoms with E-state index in [1.165, 1.54) is 18.3 Å². The van der Waals surface area contributed by atoms with Crippen LogP contribution in [0.2, 0.25) is 0 Å². The average molecular weight is 342 g/mol. The number of aromatic amines is 1. The van der Waals surface area contributed by atoms with E-state index in [2.05, 4.69) is 25.6 Å². The number of hydrogen-bond donors (Lipinski definition) is 1. The van der Waals surface area contributed by atoms with Crippen LogP contribution < -0.4 is 0 Å². The third-order valence-electron chi connectivity index (χ3n) is 4.22. The Morgan fingerprint density at radius 3 is 3.12 bits per heavy atom. The van der Waals surface area contributed by atoms with Crippen molar-refractivity contribution >= 4 is 5.91 Å². The average Bonchev–Trinajstić information content (AvgIpc) is 3.33. The summed E-state index contributed by atoms with van der Waals surface area (Å²) in [5.41, 5.74) is 0.841. The van der Waals surface area contributed by atoms with Gasteiger partial charge in [0, 0.05) is 18.7 Å². The summed E-state index contributed by atoms with van der Waals surface area (Å²) in [4.78, 5) is 18.5. The van der Waals surface area contributed by atoms with E-state index >= 15 is 0 Å². The molecule has 128 valence electrons. The predicted octanol–water partition coefficient (Wildman–Crippen LogP) is 2.01. The monoisotopic (exact) mass is 342 g/mol. The number of benzene rings is 1. The minimum Gasteiger partial charge on any atom is -0.339 e. The van der Waals surface area contributed by atoms with Crippen LogP contribution >= 0.6 is 0 Å². The molecule has 1 aliphatic rings. The first kappa shape index (κ1) is 15.4. The van der Waals surface area contributed by atoms with E-state index in [0.717, 1.165) is 12.8 Å². The first-order valence-corrected chi connectivity index (χ1v) is 7.95. The fraction of sp³-hybridized carbons (Fsp3) is 0.312. The molecule has 1 atom stereocenters. The van der Waals surface area contributed by atoms with Crippen LogP contribution in [-0.4, -0.2) is 49.4 Å². The summed E-state index contributed by atoms with van der Waals surface area (Å²) >= 11 is 0. The summed E-state index contributed by atoms with van der Waals surface area (Å²) in [7, 11) is 0. The molecule has 2 aromatic heterocycles. The van der Waals surface area contributed by atoms with Crippen LogP contribution in [0.15, 0.2) is 35.0 Å². The van der Waals surface area contributed by atoms with Gasteiger partial charge in [-0.25, -0.2) is 4.39 Å². The molecule has 9 heteroatoms. The Hall–Kier alpha value is -3.10. The lowest BCUT2D eigenvalue weighted by Gasteiger charge is -2.30. The van der Waals surface area contributed by atoms with Crippen molar-refractivity contribution in [1.82, 2.24) is 30.5 Å². The third kappa shape index (κ3) is 3.12. The van der Waals surface area contributed by atoms with Crippen molar-refractivity contribution in [2.24, 2.45) is 0 Å². The van der Waals surface area contributed by atoms with Crippen LogP contribution in [0.5, 0.6) is 0 Å². The number of nitrogens with zero attached hydrogens (tertiary/aromatic N) is 5. The molecule has 1 N–H and O–H groups in total. The number of piperidine rings is 1. The van der Waals surface area contributed by atoms with Gasteiger partial charge in [0.15, 0.2) is 5.69 Å². The number of H-pyrrole nitrogens is 1. The van der Waals surface area contributed by atoms with Crippen LogP contribution in [0.3, 0.4) is 0 Å². The molecule has 1 amide bonds. The summed E-state index contributed by atoms with van der Waals surface area (Å²) in [5, 5.41) is 13.9. The summed E-state index contributed by atoms with van der Waals surface area (Å²) in [6.45, 7) is 1.11. The van der Waals surface area contributed by atoms with Gasteiger partial charge in [0.05, 0.1) is 12.1 Å². The van der Waals surface area contributed by atoms with Crippen molar-refractivity contribution in [3.8, 4) is 11.4 Å². The van der Waals surface area contributed by atoms with Gasteiger partial charge < -0.3 is 9.42 Å². The van der Waals surface area contributed by atoms with Crippen LogP contribution in [0.4, 0.5) is 4.39 Å². The van der Waals surface area contributed by atoms with E-state index in [0.29, 0.717) is 30.4 Å². The van der Waals surface area contributed by atoms with Crippen molar-refractivity contribution in [1.29, 1.82) is 0 Å². The molecule has 8 nitrogen and oxygen atoms in total. The lowest BCUT2D eigenvalue weighted by Crippen LogP contribution is -2.39. The van der Waals surface area contributed by atoms with Crippen molar-refractivity contribution in [2.75, 3.05) is 13.1 Å². The number of carbonyl (C=O) groups excluding carboxylic acids is 1. The molecule has 0 saturated carbocycles. The smallest absolute Gasteiger partial charge is 0.276 e. The zero-order chi connectivity index (χ0) is 17.2. The SMILES string of the molecule is O=C(c1cn[nH]n1)N1CCC[C@@H](c2nc(-c3cccc(F)c3)no2)C1. The van der Waals surface area contributed by atoms with Gasteiger partial charge in [-0.05, 0) is 25.0 Å². The van der Waals surface area contributed by atoms with Crippen molar-refractivity contribution in [3.05, 3.63) is 47.9 Å². The first-order valence-electron chi connectivity index (χ1n) is 7.95. The highest BCUT2D eigenvalue weighted by molar-refractivity contribution is 5.92. The highest BCUT2D eigenvalue weighted by Crippen LogP contribution is 2.28. The number of nitrogens with one attached hydrogen (secondary N) is 1. The second-order valence-corrected chi connectivity index (χ2v) is 5.91. The minimum atomic E-state index is -0.356. The molecule has 3 aromatic rings. The topological polar surface area (TPSA) is 101 Å². The van der Waals surface area contributed by atoms with E-state index in [-0.39, 0.29) is 23.3 Å². The van der Waals surface area contributed by atoms with Crippen molar-refractivity contribution < 1.29 is 13.7 Å². The maximum absolute atomic E-state index is 13.3. The quantitative estimate of drug-likeness (QED) is 0.781. The minimum absolute atomic E-state index is 0.0561. The molecule has 0 unspecified atom stereocenters. The van der Waals surface area contributed by atoms with E-state index in [1.807, 2.05) is 0 Å². The third-order valence-corrected chi connectivity index (χ3v) is 4.22. The summed E-state index contributed by atoms with van der Waals surface area (Å²) in [6.07, 6.45) is 3.07. The molecular weight excluding hydrogens is 327 g/mol. The molecule has 1 aromatic carbocycles. The predicted molar refractivity (Wildman–Crippen MR) is 84.0 cm³/mol. The van der Waals surface area contributed by atoms with Crippen molar-refractivity contribution in [2.45, 2.75) is 18.8 Å². The fourth-order valence-corrected chi connectivity index (χ4v) is 2.98. The van der Waals surface area contributed by atoms with E-state index < -0.39 is 0 Å². The van der Waals surface area contributed by atoms with Crippen LogP contribution in [-0.2, 0) is 0 Å². The molecule has 4 rings (SSSR count). The fourth-order valence-electron chi connectivity index (χ4n) is 2.98. The highest BCUT2D eigenvalue weighted by atomic mass is 19.1. The lowest BCUT2D eigenvalue weighted by atomic mass is 9.97. The van der Waals surface area contributed by atoms with Gasteiger partial charge in [0.1, 0.15) is 5.82 Å². The number of rotatable bonds is 3. The van der Waals surface area contributed by atoms with E-state index in [9.17, 15) is 9.18 Å². The molecule has 1 saturated heterocycles. The van der Waals surface area contributed by atoms with E-state index in [1.54, 1.807) is 17.0 Å². The number of likely N-dealkylation sites (tertiary alicyclic amines) is 1.